The highest BCUT2D eigenvalue weighted by Crippen LogP contribution is 2.26. The molecule has 1 N–H and O–H groups in total. The number of aliphatic hydroxyl groups excluding tert-OH is 1. The molecule has 0 heterocycles. The van der Waals surface area contributed by atoms with Crippen molar-refractivity contribution < 1.29 is 9.84 Å². The van der Waals surface area contributed by atoms with Crippen LogP contribution in [0, 0.1) is 18.8 Å². The van der Waals surface area contributed by atoms with Gasteiger partial charge in [0.25, 0.3) is 0 Å². The van der Waals surface area contributed by atoms with Gasteiger partial charge in [0.15, 0.2) is 0 Å². The summed E-state index contributed by atoms with van der Waals surface area (Å²) in [4.78, 5) is 0. The average Bonchev–Trinajstić information content (AvgIpc) is 2.46. The monoisotopic (exact) mass is 320 g/mol. The van der Waals surface area contributed by atoms with Gasteiger partial charge in [0, 0.05) is 21.2 Å². The maximum atomic E-state index is 8.71. The smallest absolute Gasteiger partial charge is 0.120 e. The van der Waals surface area contributed by atoms with E-state index in [-0.39, 0.29) is 6.61 Å². The molecule has 0 aliphatic heterocycles. The minimum atomic E-state index is -0.150. The molecule has 0 aliphatic rings. The SMILES string of the molecule is Cc1cc(OCc2c(Cl)cccc2Cl)ccc1C#CCO. The molecule has 0 fully saturated rings. The molecule has 2 rings (SSSR count). The molecule has 0 spiro atoms. The van der Waals surface area contributed by atoms with E-state index in [1.54, 1.807) is 18.2 Å². The lowest BCUT2D eigenvalue weighted by Gasteiger charge is -2.10. The number of hydrogen-bond acceptors (Lipinski definition) is 2. The largest absolute Gasteiger partial charge is 0.489 e. The first-order valence-corrected chi connectivity index (χ1v) is 7.13. The Balaban J connectivity index is 2.12. The molecule has 0 radical (unpaired) electrons. The molecule has 0 aliphatic carbocycles. The highest BCUT2D eigenvalue weighted by molar-refractivity contribution is 6.35. The lowest BCUT2D eigenvalue weighted by atomic mass is 10.1. The molecule has 21 heavy (non-hydrogen) atoms. The van der Waals surface area contributed by atoms with Crippen LogP contribution in [0.1, 0.15) is 16.7 Å². The summed E-state index contributed by atoms with van der Waals surface area (Å²) in [6.07, 6.45) is 0. The standard InChI is InChI=1S/C17H14Cl2O2/c1-12-10-14(8-7-13(12)4-3-9-20)21-11-15-16(18)5-2-6-17(15)19/h2,5-8,10,20H,9,11H2,1H3. The summed E-state index contributed by atoms with van der Waals surface area (Å²) in [6, 6.07) is 11.0. The normalized spacial score (nSPS) is 9.90. The zero-order valence-electron chi connectivity index (χ0n) is 11.5. The second kappa shape index (κ2) is 7.38. The first kappa shape index (κ1) is 15.7. The Bertz CT molecular complexity index is 679. The topological polar surface area (TPSA) is 29.5 Å². The molecule has 4 heteroatoms. The fourth-order valence-electron chi connectivity index (χ4n) is 1.83. The molecule has 2 aromatic rings. The second-order valence-electron chi connectivity index (χ2n) is 4.43. The third-order valence-electron chi connectivity index (χ3n) is 2.94. The third-order valence-corrected chi connectivity index (χ3v) is 3.65. The lowest BCUT2D eigenvalue weighted by molar-refractivity contribution is 0.306. The maximum Gasteiger partial charge on any atom is 0.120 e. The van der Waals surface area contributed by atoms with Crippen LogP contribution in [0.2, 0.25) is 10.0 Å². The van der Waals surface area contributed by atoms with Crippen molar-refractivity contribution in [1.82, 2.24) is 0 Å². The molecule has 0 bridgehead atoms. The van der Waals surface area contributed by atoms with E-state index in [1.807, 2.05) is 25.1 Å². The van der Waals surface area contributed by atoms with E-state index in [4.69, 9.17) is 33.0 Å². The van der Waals surface area contributed by atoms with Gasteiger partial charge >= 0.3 is 0 Å². The van der Waals surface area contributed by atoms with Crippen molar-refractivity contribution in [2.75, 3.05) is 6.61 Å². The minimum absolute atomic E-state index is 0.150. The van der Waals surface area contributed by atoms with Gasteiger partial charge in [-0.3, -0.25) is 0 Å². The quantitative estimate of drug-likeness (QED) is 0.858. The number of ether oxygens (including phenoxy) is 1. The number of benzene rings is 2. The van der Waals surface area contributed by atoms with Crippen molar-refractivity contribution in [3.63, 3.8) is 0 Å². The van der Waals surface area contributed by atoms with E-state index < -0.39 is 0 Å². The zero-order valence-corrected chi connectivity index (χ0v) is 13.0. The van der Waals surface area contributed by atoms with Gasteiger partial charge in [-0.2, -0.15) is 0 Å². The fraction of sp³-hybridized carbons (Fsp3) is 0.176. The van der Waals surface area contributed by atoms with E-state index in [2.05, 4.69) is 11.8 Å². The van der Waals surface area contributed by atoms with Crippen LogP contribution in [0.4, 0.5) is 0 Å². The number of rotatable bonds is 3. The van der Waals surface area contributed by atoms with Crippen molar-refractivity contribution in [3.05, 3.63) is 63.1 Å². The van der Waals surface area contributed by atoms with E-state index in [0.717, 1.165) is 22.4 Å². The molecule has 0 saturated heterocycles. The maximum absolute atomic E-state index is 8.71. The molecular weight excluding hydrogens is 307 g/mol. The third kappa shape index (κ3) is 4.15. The van der Waals surface area contributed by atoms with Crippen molar-refractivity contribution in [2.24, 2.45) is 0 Å². The number of halogens is 2. The van der Waals surface area contributed by atoms with E-state index in [1.165, 1.54) is 0 Å². The van der Waals surface area contributed by atoms with Crippen LogP contribution in [-0.2, 0) is 6.61 Å². The Hall–Kier alpha value is -1.66. The summed E-state index contributed by atoms with van der Waals surface area (Å²) in [5.74, 6) is 6.23. The summed E-state index contributed by atoms with van der Waals surface area (Å²) < 4.78 is 5.73. The molecule has 0 amide bonds. The van der Waals surface area contributed by atoms with Crippen molar-refractivity contribution in [3.8, 4) is 17.6 Å². The predicted molar refractivity (Wildman–Crippen MR) is 85.9 cm³/mol. The van der Waals surface area contributed by atoms with Gasteiger partial charge in [-0.25, -0.2) is 0 Å². The van der Waals surface area contributed by atoms with Crippen molar-refractivity contribution in [1.29, 1.82) is 0 Å². The lowest BCUT2D eigenvalue weighted by Crippen LogP contribution is -1.98. The van der Waals surface area contributed by atoms with Gasteiger partial charge in [0.2, 0.25) is 0 Å². The van der Waals surface area contributed by atoms with Crippen LogP contribution in [0.25, 0.3) is 0 Å². The summed E-state index contributed by atoms with van der Waals surface area (Å²) in [6.45, 7) is 2.10. The number of hydrogen-bond donors (Lipinski definition) is 1. The second-order valence-corrected chi connectivity index (χ2v) is 5.24. The molecule has 2 aromatic carbocycles. The van der Waals surface area contributed by atoms with E-state index >= 15 is 0 Å². The van der Waals surface area contributed by atoms with Crippen LogP contribution in [0.15, 0.2) is 36.4 Å². The molecule has 2 nitrogen and oxygen atoms in total. The highest BCUT2D eigenvalue weighted by atomic mass is 35.5. The van der Waals surface area contributed by atoms with E-state index in [9.17, 15) is 0 Å². The summed E-state index contributed by atoms with van der Waals surface area (Å²) >= 11 is 12.2. The Morgan fingerprint density at radius 2 is 1.86 bits per heavy atom. The highest BCUT2D eigenvalue weighted by Gasteiger charge is 2.06. The minimum Gasteiger partial charge on any atom is -0.489 e. The average molecular weight is 321 g/mol. The van der Waals surface area contributed by atoms with Gasteiger partial charge in [-0.1, -0.05) is 41.1 Å². The predicted octanol–water partition coefficient (Wildman–Crippen LogP) is 4.22. The summed E-state index contributed by atoms with van der Waals surface area (Å²) in [5.41, 5.74) is 2.62. The Labute approximate surface area is 134 Å². The van der Waals surface area contributed by atoms with Crippen LogP contribution in [0.3, 0.4) is 0 Å². The molecule has 0 atom stereocenters. The Morgan fingerprint density at radius 3 is 2.48 bits per heavy atom. The Morgan fingerprint density at radius 1 is 1.14 bits per heavy atom. The summed E-state index contributed by atoms with van der Waals surface area (Å²) in [5, 5.41) is 9.89. The van der Waals surface area contributed by atoms with Gasteiger partial charge in [-0.15, -0.1) is 0 Å². The van der Waals surface area contributed by atoms with Crippen LogP contribution in [0.5, 0.6) is 5.75 Å². The molecular formula is C17H14Cl2O2. The number of aliphatic hydroxyl groups is 1. The molecule has 108 valence electrons. The molecule has 0 unspecified atom stereocenters. The first-order chi connectivity index (χ1) is 10.1. The van der Waals surface area contributed by atoms with Crippen LogP contribution >= 0.6 is 23.2 Å². The van der Waals surface area contributed by atoms with Crippen LogP contribution < -0.4 is 4.74 Å². The van der Waals surface area contributed by atoms with Gasteiger partial charge in [0.05, 0.1) is 0 Å². The molecule has 0 aromatic heterocycles. The fourth-order valence-corrected chi connectivity index (χ4v) is 2.33. The summed E-state index contributed by atoms with van der Waals surface area (Å²) in [7, 11) is 0. The zero-order chi connectivity index (χ0) is 15.2. The van der Waals surface area contributed by atoms with Crippen molar-refractivity contribution in [2.45, 2.75) is 13.5 Å². The number of aryl methyl sites for hydroxylation is 1. The van der Waals surface area contributed by atoms with Gasteiger partial charge in [-0.05, 0) is 42.8 Å². The van der Waals surface area contributed by atoms with Gasteiger partial charge in [0.1, 0.15) is 19.0 Å². The Kier molecular flexibility index (Phi) is 5.52. The first-order valence-electron chi connectivity index (χ1n) is 6.38. The molecule has 0 saturated carbocycles. The van der Waals surface area contributed by atoms with E-state index in [0.29, 0.717) is 16.7 Å². The van der Waals surface area contributed by atoms with Gasteiger partial charge < -0.3 is 9.84 Å². The van der Waals surface area contributed by atoms with Crippen molar-refractivity contribution >= 4 is 23.2 Å². The van der Waals surface area contributed by atoms with Crippen LogP contribution in [-0.4, -0.2) is 11.7 Å².